The molecule has 7 heteroatoms. The minimum absolute atomic E-state index is 0.0243. The van der Waals surface area contributed by atoms with E-state index in [1.165, 1.54) is 12.1 Å². The van der Waals surface area contributed by atoms with E-state index in [1.54, 1.807) is 22.7 Å². The Bertz CT molecular complexity index is 789. The monoisotopic (exact) mass is 348 g/mol. The predicted molar refractivity (Wildman–Crippen MR) is 91.6 cm³/mol. The number of rotatable bonds is 2. The van der Waals surface area contributed by atoms with Crippen molar-refractivity contribution in [1.29, 1.82) is 0 Å². The van der Waals surface area contributed by atoms with Crippen molar-refractivity contribution in [3.63, 3.8) is 0 Å². The standard InChI is InChI=1S/C18H22F2N4O/c1-12-10-17(22(3)21-12)18(25)24-9-8-23(7-6-13(24)2)16-5-4-14(19)11-15(16)20/h4-5,10-11,13H,6-9H2,1-3H3. The maximum Gasteiger partial charge on any atom is 0.272 e. The van der Waals surface area contributed by atoms with Gasteiger partial charge in [-0.05, 0) is 38.5 Å². The third kappa shape index (κ3) is 3.50. The van der Waals surface area contributed by atoms with Crippen molar-refractivity contribution in [1.82, 2.24) is 14.7 Å². The van der Waals surface area contributed by atoms with Crippen LogP contribution in [0.1, 0.15) is 29.5 Å². The summed E-state index contributed by atoms with van der Waals surface area (Å²) in [5, 5.41) is 4.23. The van der Waals surface area contributed by atoms with Crippen LogP contribution in [0.5, 0.6) is 0 Å². The Hall–Kier alpha value is -2.44. The number of anilines is 1. The summed E-state index contributed by atoms with van der Waals surface area (Å²) in [6.45, 7) is 5.42. The fraction of sp³-hybridized carbons (Fsp3) is 0.444. The number of benzene rings is 1. The van der Waals surface area contributed by atoms with Gasteiger partial charge in [-0.1, -0.05) is 0 Å². The van der Waals surface area contributed by atoms with E-state index < -0.39 is 11.6 Å². The first-order chi connectivity index (χ1) is 11.9. The SMILES string of the molecule is Cc1cc(C(=O)N2CCN(c3ccc(F)cc3F)CCC2C)n(C)n1. The molecule has 5 nitrogen and oxygen atoms in total. The Labute approximate surface area is 145 Å². The van der Waals surface area contributed by atoms with Gasteiger partial charge in [-0.3, -0.25) is 9.48 Å². The number of aromatic nitrogens is 2. The van der Waals surface area contributed by atoms with Crippen molar-refractivity contribution in [2.24, 2.45) is 7.05 Å². The molecule has 1 amide bonds. The molecule has 0 radical (unpaired) electrons. The molecule has 0 aliphatic carbocycles. The van der Waals surface area contributed by atoms with Crippen LogP contribution in [0, 0.1) is 18.6 Å². The molecule has 2 heterocycles. The maximum absolute atomic E-state index is 14.1. The molecule has 25 heavy (non-hydrogen) atoms. The van der Waals surface area contributed by atoms with Gasteiger partial charge < -0.3 is 9.80 Å². The highest BCUT2D eigenvalue weighted by molar-refractivity contribution is 5.93. The van der Waals surface area contributed by atoms with Crippen LogP contribution in [-0.2, 0) is 7.05 Å². The zero-order valence-corrected chi connectivity index (χ0v) is 14.7. The summed E-state index contributed by atoms with van der Waals surface area (Å²) < 4.78 is 28.8. The molecule has 1 aliphatic heterocycles. The molecule has 0 N–H and O–H groups in total. The number of nitrogens with zero attached hydrogens (tertiary/aromatic N) is 4. The van der Waals surface area contributed by atoms with E-state index in [0.29, 0.717) is 37.4 Å². The topological polar surface area (TPSA) is 41.4 Å². The zero-order valence-electron chi connectivity index (χ0n) is 14.7. The van der Waals surface area contributed by atoms with E-state index in [1.807, 2.05) is 18.7 Å². The normalized spacial score (nSPS) is 18.4. The van der Waals surface area contributed by atoms with Gasteiger partial charge in [0.15, 0.2) is 0 Å². The van der Waals surface area contributed by atoms with E-state index in [0.717, 1.165) is 11.8 Å². The number of aryl methyl sites for hydroxylation is 2. The molecular formula is C18H22F2N4O. The predicted octanol–water partition coefficient (Wildman–Crippen LogP) is 2.75. The van der Waals surface area contributed by atoms with Crippen LogP contribution >= 0.6 is 0 Å². The van der Waals surface area contributed by atoms with Gasteiger partial charge in [0.2, 0.25) is 0 Å². The van der Waals surface area contributed by atoms with Gasteiger partial charge in [0.1, 0.15) is 17.3 Å². The van der Waals surface area contributed by atoms with Crippen LogP contribution in [-0.4, -0.2) is 46.3 Å². The molecule has 1 unspecified atom stereocenters. The van der Waals surface area contributed by atoms with Crippen LogP contribution in [0.2, 0.25) is 0 Å². The second kappa shape index (κ2) is 6.82. The maximum atomic E-state index is 14.1. The number of hydrogen-bond donors (Lipinski definition) is 0. The molecule has 1 atom stereocenters. The summed E-state index contributed by atoms with van der Waals surface area (Å²) in [5.74, 6) is -1.24. The summed E-state index contributed by atoms with van der Waals surface area (Å²) in [4.78, 5) is 16.5. The second-order valence-electron chi connectivity index (χ2n) is 6.51. The zero-order chi connectivity index (χ0) is 18.1. The number of carbonyl (C=O) groups excluding carboxylic acids is 1. The van der Waals surface area contributed by atoms with Crippen LogP contribution < -0.4 is 4.90 Å². The van der Waals surface area contributed by atoms with Gasteiger partial charge in [-0.25, -0.2) is 8.78 Å². The number of halogens is 2. The fourth-order valence-corrected chi connectivity index (χ4v) is 3.30. The molecule has 1 aliphatic rings. The lowest BCUT2D eigenvalue weighted by atomic mass is 10.2. The summed E-state index contributed by atoms with van der Waals surface area (Å²) in [5.41, 5.74) is 1.72. The highest BCUT2D eigenvalue weighted by Crippen LogP contribution is 2.23. The van der Waals surface area contributed by atoms with Crippen molar-refractivity contribution >= 4 is 11.6 Å². The molecule has 3 rings (SSSR count). The summed E-state index contributed by atoms with van der Waals surface area (Å²) >= 11 is 0. The Morgan fingerprint density at radius 2 is 1.96 bits per heavy atom. The van der Waals surface area contributed by atoms with E-state index in [4.69, 9.17) is 0 Å². The number of amides is 1. The smallest absolute Gasteiger partial charge is 0.272 e. The molecule has 1 fully saturated rings. The summed E-state index contributed by atoms with van der Waals surface area (Å²) in [6, 6.07) is 5.41. The van der Waals surface area contributed by atoms with Crippen LogP contribution in [0.3, 0.4) is 0 Å². The van der Waals surface area contributed by atoms with Gasteiger partial charge in [-0.15, -0.1) is 0 Å². The Balaban J connectivity index is 1.79. The van der Waals surface area contributed by atoms with Gasteiger partial charge in [-0.2, -0.15) is 5.10 Å². The fourth-order valence-electron chi connectivity index (χ4n) is 3.30. The highest BCUT2D eigenvalue weighted by Gasteiger charge is 2.28. The van der Waals surface area contributed by atoms with Gasteiger partial charge in [0, 0.05) is 38.8 Å². The lowest BCUT2D eigenvalue weighted by molar-refractivity contribution is 0.0694. The number of hydrogen-bond acceptors (Lipinski definition) is 3. The molecule has 1 aromatic carbocycles. The minimum atomic E-state index is -0.590. The van der Waals surface area contributed by atoms with Crippen LogP contribution in [0.25, 0.3) is 0 Å². The van der Waals surface area contributed by atoms with Crippen LogP contribution in [0.15, 0.2) is 24.3 Å². The largest absolute Gasteiger partial charge is 0.367 e. The first-order valence-corrected chi connectivity index (χ1v) is 8.38. The lowest BCUT2D eigenvalue weighted by Crippen LogP contribution is -2.40. The third-order valence-electron chi connectivity index (χ3n) is 4.69. The van der Waals surface area contributed by atoms with E-state index in [9.17, 15) is 13.6 Å². The quantitative estimate of drug-likeness (QED) is 0.838. The van der Waals surface area contributed by atoms with Crippen molar-refractivity contribution < 1.29 is 13.6 Å². The van der Waals surface area contributed by atoms with Gasteiger partial charge >= 0.3 is 0 Å². The first kappa shape index (κ1) is 17.4. The Kier molecular flexibility index (Phi) is 4.74. The number of carbonyl (C=O) groups is 1. The molecule has 0 saturated carbocycles. The average Bonchev–Trinajstić information content (AvgIpc) is 2.77. The van der Waals surface area contributed by atoms with Crippen molar-refractivity contribution in [2.75, 3.05) is 24.5 Å². The second-order valence-corrected chi connectivity index (χ2v) is 6.51. The molecule has 2 aromatic rings. The highest BCUT2D eigenvalue weighted by atomic mass is 19.1. The average molecular weight is 348 g/mol. The molecule has 1 aromatic heterocycles. The van der Waals surface area contributed by atoms with Gasteiger partial charge in [0.05, 0.1) is 11.4 Å². The van der Waals surface area contributed by atoms with Gasteiger partial charge in [0.25, 0.3) is 5.91 Å². The van der Waals surface area contributed by atoms with Crippen molar-refractivity contribution in [3.8, 4) is 0 Å². The summed E-state index contributed by atoms with van der Waals surface area (Å²) in [6.07, 6.45) is 0.708. The van der Waals surface area contributed by atoms with Crippen molar-refractivity contribution in [3.05, 3.63) is 47.3 Å². The van der Waals surface area contributed by atoms with Crippen LogP contribution in [0.4, 0.5) is 14.5 Å². The molecule has 134 valence electrons. The van der Waals surface area contributed by atoms with E-state index in [-0.39, 0.29) is 11.9 Å². The van der Waals surface area contributed by atoms with Crippen molar-refractivity contribution in [2.45, 2.75) is 26.3 Å². The molecular weight excluding hydrogens is 326 g/mol. The lowest BCUT2D eigenvalue weighted by Gasteiger charge is -2.26. The molecule has 0 spiro atoms. The Morgan fingerprint density at radius 3 is 2.60 bits per heavy atom. The van der Waals surface area contributed by atoms with E-state index >= 15 is 0 Å². The molecule has 1 saturated heterocycles. The molecule has 0 bridgehead atoms. The summed E-state index contributed by atoms with van der Waals surface area (Å²) in [7, 11) is 1.75. The van der Waals surface area contributed by atoms with E-state index in [2.05, 4.69) is 5.10 Å². The minimum Gasteiger partial charge on any atom is -0.367 e. The first-order valence-electron chi connectivity index (χ1n) is 8.38. The Morgan fingerprint density at radius 1 is 1.20 bits per heavy atom. The third-order valence-corrected chi connectivity index (χ3v) is 4.69.